The summed E-state index contributed by atoms with van der Waals surface area (Å²) in [5.74, 6) is -0.964. The topological polar surface area (TPSA) is 43.1 Å². The van der Waals surface area contributed by atoms with E-state index in [1.54, 1.807) is 6.92 Å². The molecule has 0 aromatic carbocycles. The number of halogens is 4. The van der Waals surface area contributed by atoms with Gasteiger partial charge in [0.2, 0.25) is 5.91 Å². The summed E-state index contributed by atoms with van der Waals surface area (Å²) < 4.78 is 35.6. The van der Waals surface area contributed by atoms with E-state index in [-0.39, 0.29) is 10.6 Å². The zero-order valence-electron chi connectivity index (χ0n) is 8.07. The highest BCUT2D eigenvalue weighted by Gasteiger charge is 2.26. The number of amides is 1. The van der Waals surface area contributed by atoms with E-state index in [0.717, 1.165) is 0 Å². The summed E-state index contributed by atoms with van der Waals surface area (Å²) in [4.78, 5) is 10.8. The molecule has 0 aromatic heterocycles. The second-order valence-electron chi connectivity index (χ2n) is 2.76. The van der Waals surface area contributed by atoms with E-state index >= 15 is 0 Å². The molecule has 0 unspecified atom stereocenters. The number of carbonyl (C=O) groups is 1. The number of hydrogen-bond donors (Lipinski definition) is 1. The van der Waals surface area contributed by atoms with Crippen molar-refractivity contribution in [1.29, 1.82) is 0 Å². The van der Waals surface area contributed by atoms with Crippen LogP contribution in [0.25, 0.3) is 0 Å². The summed E-state index contributed by atoms with van der Waals surface area (Å²) in [5.41, 5.74) is 4.60. The highest BCUT2D eigenvalue weighted by atomic mass is 35.5. The zero-order chi connectivity index (χ0) is 12.1. The summed E-state index contributed by atoms with van der Waals surface area (Å²) in [6.07, 6.45) is -2.97. The Bertz CT molecular complexity index is 294. The van der Waals surface area contributed by atoms with Crippen molar-refractivity contribution < 1.29 is 18.0 Å². The van der Waals surface area contributed by atoms with Gasteiger partial charge in [-0.15, -0.1) is 0 Å². The average Bonchev–Trinajstić information content (AvgIpc) is 2.01. The lowest BCUT2D eigenvalue weighted by atomic mass is 10.1. The molecule has 0 aromatic rings. The standard InChI is InChI=1S/C9H11ClF3NO/c1-2-3-7(10)6(8(14)15)4-5-9(11,12)13/h3-4H,2,5H2,1H3,(H2,14,15)/b6-4+,7-3+. The van der Waals surface area contributed by atoms with E-state index in [9.17, 15) is 18.0 Å². The first-order chi connectivity index (χ1) is 6.78. The van der Waals surface area contributed by atoms with Gasteiger partial charge in [-0.3, -0.25) is 4.79 Å². The van der Waals surface area contributed by atoms with Crippen molar-refractivity contribution >= 4 is 17.5 Å². The van der Waals surface area contributed by atoms with Gasteiger partial charge in [-0.05, 0) is 6.42 Å². The Balaban J connectivity index is 4.83. The van der Waals surface area contributed by atoms with E-state index in [2.05, 4.69) is 0 Å². The van der Waals surface area contributed by atoms with Gasteiger partial charge in [0.1, 0.15) is 0 Å². The van der Waals surface area contributed by atoms with Crippen LogP contribution in [0.2, 0.25) is 0 Å². The lowest BCUT2D eigenvalue weighted by Gasteiger charge is -2.04. The van der Waals surface area contributed by atoms with Crippen LogP contribution in [0.15, 0.2) is 22.8 Å². The highest BCUT2D eigenvalue weighted by Crippen LogP contribution is 2.23. The smallest absolute Gasteiger partial charge is 0.366 e. The van der Waals surface area contributed by atoms with Crippen molar-refractivity contribution in [3.05, 3.63) is 22.8 Å². The van der Waals surface area contributed by atoms with Gasteiger partial charge in [-0.1, -0.05) is 30.7 Å². The van der Waals surface area contributed by atoms with Gasteiger partial charge >= 0.3 is 6.18 Å². The van der Waals surface area contributed by atoms with E-state index in [1.165, 1.54) is 6.08 Å². The molecule has 15 heavy (non-hydrogen) atoms. The van der Waals surface area contributed by atoms with Crippen LogP contribution in [0, 0.1) is 0 Å². The molecule has 0 aliphatic rings. The largest absolute Gasteiger partial charge is 0.392 e. The number of rotatable bonds is 4. The summed E-state index contributed by atoms with van der Waals surface area (Å²) in [7, 11) is 0. The predicted octanol–water partition coefficient (Wildman–Crippen LogP) is 2.88. The molecule has 0 saturated carbocycles. The quantitative estimate of drug-likeness (QED) is 0.597. The maximum Gasteiger partial charge on any atom is 0.392 e. The molecular weight excluding hydrogens is 231 g/mol. The molecule has 2 nitrogen and oxygen atoms in total. The minimum atomic E-state index is -4.37. The number of primary amides is 1. The van der Waals surface area contributed by atoms with Gasteiger partial charge in [0.15, 0.2) is 0 Å². The van der Waals surface area contributed by atoms with Crippen LogP contribution in [-0.4, -0.2) is 12.1 Å². The summed E-state index contributed by atoms with van der Waals surface area (Å²) in [6, 6.07) is 0. The fourth-order valence-corrected chi connectivity index (χ4v) is 1.15. The van der Waals surface area contributed by atoms with Crippen molar-refractivity contribution in [3.8, 4) is 0 Å². The Morgan fingerprint density at radius 1 is 1.40 bits per heavy atom. The highest BCUT2D eigenvalue weighted by molar-refractivity contribution is 6.35. The number of nitrogens with two attached hydrogens (primary N) is 1. The maximum atomic E-state index is 11.9. The van der Waals surface area contributed by atoms with Gasteiger partial charge in [0, 0.05) is 5.03 Å². The Hall–Kier alpha value is -0.970. The van der Waals surface area contributed by atoms with E-state index in [1.807, 2.05) is 0 Å². The molecule has 2 N–H and O–H groups in total. The summed E-state index contributed by atoms with van der Waals surface area (Å²) in [5, 5.41) is -0.0470. The Morgan fingerprint density at radius 3 is 2.27 bits per heavy atom. The van der Waals surface area contributed by atoms with Gasteiger partial charge in [0.05, 0.1) is 12.0 Å². The molecule has 0 rings (SSSR count). The Labute approximate surface area is 90.6 Å². The molecule has 0 heterocycles. The van der Waals surface area contributed by atoms with E-state index in [4.69, 9.17) is 17.3 Å². The third kappa shape index (κ3) is 6.17. The second kappa shape index (κ2) is 5.80. The zero-order valence-corrected chi connectivity index (χ0v) is 8.82. The normalized spacial score (nSPS) is 14.2. The third-order valence-electron chi connectivity index (χ3n) is 1.44. The average molecular weight is 242 g/mol. The van der Waals surface area contributed by atoms with Crippen LogP contribution in [0.4, 0.5) is 13.2 Å². The predicted molar refractivity (Wildman–Crippen MR) is 52.2 cm³/mol. The number of allylic oxidation sites excluding steroid dienone is 2. The third-order valence-corrected chi connectivity index (χ3v) is 1.80. The van der Waals surface area contributed by atoms with Crippen LogP contribution in [0.1, 0.15) is 19.8 Å². The van der Waals surface area contributed by atoms with Crippen molar-refractivity contribution in [2.75, 3.05) is 0 Å². The van der Waals surface area contributed by atoms with Crippen molar-refractivity contribution in [1.82, 2.24) is 0 Å². The molecule has 86 valence electrons. The number of hydrogen-bond acceptors (Lipinski definition) is 1. The Morgan fingerprint density at radius 2 is 1.93 bits per heavy atom. The van der Waals surface area contributed by atoms with Gasteiger partial charge < -0.3 is 5.73 Å². The lowest BCUT2D eigenvalue weighted by molar-refractivity contribution is -0.125. The first-order valence-electron chi connectivity index (χ1n) is 4.20. The van der Waals surface area contributed by atoms with Crippen molar-refractivity contribution in [3.63, 3.8) is 0 Å². The molecule has 1 amide bonds. The van der Waals surface area contributed by atoms with Crippen LogP contribution in [-0.2, 0) is 4.79 Å². The molecule has 0 bridgehead atoms. The maximum absolute atomic E-state index is 11.9. The van der Waals surface area contributed by atoms with E-state index < -0.39 is 18.5 Å². The molecule has 0 aliphatic carbocycles. The molecule has 0 aliphatic heterocycles. The molecule has 0 radical (unpaired) electrons. The lowest BCUT2D eigenvalue weighted by Crippen LogP contribution is -2.15. The monoisotopic (exact) mass is 241 g/mol. The van der Waals surface area contributed by atoms with Crippen LogP contribution < -0.4 is 5.73 Å². The van der Waals surface area contributed by atoms with Gasteiger partial charge in [0.25, 0.3) is 0 Å². The molecule has 6 heteroatoms. The molecule has 0 spiro atoms. The SMILES string of the molecule is CC/C=C(Cl)\C(=C/CC(F)(F)F)C(N)=O. The first kappa shape index (κ1) is 14.0. The van der Waals surface area contributed by atoms with E-state index in [0.29, 0.717) is 12.5 Å². The Kier molecular flexibility index (Phi) is 5.43. The minimum Gasteiger partial charge on any atom is -0.366 e. The molecular formula is C9H11ClF3NO. The van der Waals surface area contributed by atoms with Crippen LogP contribution in [0.3, 0.4) is 0 Å². The van der Waals surface area contributed by atoms with Crippen molar-refractivity contribution in [2.45, 2.75) is 25.9 Å². The minimum absolute atomic E-state index is 0.0470. The number of carbonyl (C=O) groups excluding carboxylic acids is 1. The summed E-state index contributed by atoms with van der Waals surface area (Å²) >= 11 is 5.60. The molecule has 0 fully saturated rings. The van der Waals surface area contributed by atoms with Crippen molar-refractivity contribution in [2.24, 2.45) is 5.73 Å². The fraction of sp³-hybridized carbons (Fsp3) is 0.444. The van der Waals surface area contributed by atoms with Crippen LogP contribution in [0.5, 0.6) is 0 Å². The van der Waals surface area contributed by atoms with Gasteiger partial charge in [-0.2, -0.15) is 13.2 Å². The molecule has 0 atom stereocenters. The fourth-order valence-electron chi connectivity index (χ4n) is 0.823. The summed E-state index contributed by atoms with van der Waals surface area (Å²) in [6.45, 7) is 1.74. The second-order valence-corrected chi connectivity index (χ2v) is 3.17. The first-order valence-corrected chi connectivity index (χ1v) is 4.58. The molecule has 0 saturated heterocycles. The van der Waals surface area contributed by atoms with Crippen LogP contribution >= 0.6 is 11.6 Å². The number of alkyl halides is 3. The van der Waals surface area contributed by atoms with Gasteiger partial charge in [-0.25, -0.2) is 0 Å².